The Labute approximate surface area is 250 Å². The van der Waals surface area contributed by atoms with Gasteiger partial charge >= 0.3 is 0 Å². The molecule has 3 aliphatic heterocycles. The third-order valence-corrected chi connectivity index (χ3v) is 11.9. The monoisotopic (exact) mass is 632 g/mol. The van der Waals surface area contributed by atoms with Gasteiger partial charge in [-0.15, -0.1) is 24.9 Å². The summed E-state index contributed by atoms with van der Waals surface area (Å²) < 4.78 is -0.785. The number of halogens is 1. The summed E-state index contributed by atoms with van der Waals surface area (Å²) in [7, 11) is 1.72. The predicted octanol–water partition coefficient (Wildman–Crippen LogP) is 3.54. The molecule has 4 rings (SSSR count). The van der Waals surface area contributed by atoms with Gasteiger partial charge in [0.15, 0.2) is 0 Å². The van der Waals surface area contributed by atoms with E-state index in [2.05, 4.69) is 47.8 Å². The highest BCUT2D eigenvalue weighted by molar-refractivity contribution is 9.09. The lowest BCUT2D eigenvalue weighted by atomic mass is 9.70. The second kappa shape index (κ2) is 12.3. The van der Waals surface area contributed by atoms with E-state index in [0.29, 0.717) is 13.0 Å². The minimum Gasteiger partial charge on any atom is -0.394 e. The lowest BCUT2D eigenvalue weighted by Crippen LogP contribution is -2.57. The molecule has 3 heterocycles. The van der Waals surface area contributed by atoms with E-state index in [1.807, 2.05) is 24.3 Å². The quantitative estimate of drug-likeness (QED) is 0.280. The van der Waals surface area contributed by atoms with Gasteiger partial charge in [0.05, 0.1) is 29.2 Å². The maximum atomic E-state index is 14.6. The van der Waals surface area contributed by atoms with E-state index >= 15 is 0 Å². The largest absolute Gasteiger partial charge is 0.394 e. The van der Waals surface area contributed by atoms with Crippen molar-refractivity contribution in [2.45, 2.75) is 54.1 Å². The van der Waals surface area contributed by atoms with Gasteiger partial charge in [-0.2, -0.15) is 0 Å². The minimum absolute atomic E-state index is 0.0199. The number of anilines is 2. The number of fused-ring (bicyclic) bond motifs is 1. The maximum Gasteiger partial charge on any atom is 0.251 e. The number of aliphatic hydroxyl groups excluding tert-OH is 1. The number of carbonyl (C=O) groups excluding carboxylic acids is 3. The van der Waals surface area contributed by atoms with Gasteiger partial charge in [-0.1, -0.05) is 28.1 Å². The Kier molecular flexibility index (Phi) is 9.42. The first kappa shape index (κ1) is 30.7. The van der Waals surface area contributed by atoms with Crippen LogP contribution in [0.2, 0.25) is 0 Å². The molecule has 3 amide bonds. The number of hydrogen-bond donors (Lipinski definition) is 1. The summed E-state index contributed by atoms with van der Waals surface area (Å²) in [6.45, 7) is 15.7. The van der Waals surface area contributed by atoms with Crippen LogP contribution >= 0.6 is 27.7 Å². The summed E-state index contributed by atoms with van der Waals surface area (Å²) in [5, 5.41) is 10.0. The Hall–Kier alpha value is -2.30. The van der Waals surface area contributed by atoms with E-state index in [-0.39, 0.29) is 41.0 Å². The molecule has 1 aromatic rings. The van der Waals surface area contributed by atoms with Crippen molar-refractivity contribution >= 4 is 56.8 Å². The molecule has 1 spiro atoms. The van der Waals surface area contributed by atoms with Gasteiger partial charge in [-0.3, -0.25) is 14.4 Å². The van der Waals surface area contributed by atoms with Crippen LogP contribution < -0.4 is 9.80 Å². The van der Waals surface area contributed by atoms with E-state index < -0.39 is 28.7 Å². The van der Waals surface area contributed by atoms with Crippen LogP contribution in [0.15, 0.2) is 49.6 Å². The fraction of sp³-hybridized carbons (Fsp3) is 0.567. The van der Waals surface area contributed by atoms with Crippen molar-refractivity contribution in [3.63, 3.8) is 0 Å². The molecular weight excluding hydrogens is 592 g/mol. The van der Waals surface area contributed by atoms with Crippen molar-refractivity contribution < 1.29 is 19.5 Å². The lowest BCUT2D eigenvalue weighted by molar-refractivity contribution is -0.144. The van der Waals surface area contributed by atoms with Crippen LogP contribution in [0.3, 0.4) is 0 Å². The summed E-state index contributed by atoms with van der Waals surface area (Å²) in [6.07, 6.45) is 3.94. The summed E-state index contributed by atoms with van der Waals surface area (Å²) in [6, 6.07) is 6.48. The first-order valence-electron chi connectivity index (χ1n) is 14.0. The number of thioether (sulfide) groups is 1. The summed E-state index contributed by atoms with van der Waals surface area (Å²) in [5.74, 6) is -1.76. The minimum atomic E-state index is -0.827. The topological polar surface area (TPSA) is 84.4 Å². The molecule has 3 saturated heterocycles. The Morgan fingerprint density at radius 1 is 1.15 bits per heavy atom. The molecule has 7 atom stereocenters. The highest BCUT2D eigenvalue weighted by atomic mass is 79.9. The van der Waals surface area contributed by atoms with Gasteiger partial charge in [0.25, 0.3) is 5.91 Å². The first-order valence-corrected chi connectivity index (χ1v) is 15.8. The second-order valence-corrected chi connectivity index (χ2v) is 13.6. The molecule has 3 fully saturated rings. The number of carbonyl (C=O) groups is 3. The van der Waals surface area contributed by atoms with Gasteiger partial charge in [-0.05, 0) is 51.5 Å². The van der Waals surface area contributed by atoms with Crippen LogP contribution in [0.5, 0.6) is 0 Å². The number of hydrogen-bond acceptors (Lipinski definition) is 6. The standard InChI is InChI=1S/C30H41BrN4O4S/c1-7-15-32(6)27(37)23-24-28(38)35(19(5)18-36)26(30(24)17-22(31)25(23)40-30)29(39)34(16-8-2)21-13-11-20(12-14-21)33(9-3)10-4/h7-8,11-14,19,22-26,36H,1-2,9-10,15-18H2,3-6H3/t19-,22?,23+,24+,25+,26?,30?/m1/s1. The lowest BCUT2D eigenvalue weighted by Gasteiger charge is -2.39. The average molecular weight is 634 g/mol. The van der Waals surface area contributed by atoms with Gasteiger partial charge in [-0.25, -0.2) is 0 Å². The first-order chi connectivity index (χ1) is 19.1. The third-order valence-electron chi connectivity index (χ3n) is 8.63. The zero-order valence-electron chi connectivity index (χ0n) is 23.8. The normalized spacial score (nSPS) is 29.2. The molecule has 0 saturated carbocycles. The van der Waals surface area contributed by atoms with Crippen molar-refractivity contribution in [1.82, 2.24) is 9.80 Å². The summed E-state index contributed by atoms with van der Waals surface area (Å²) in [5.41, 5.74) is 1.79. The van der Waals surface area contributed by atoms with Gasteiger partial charge < -0.3 is 24.7 Å². The van der Waals surface area contributed by atoms with Gasteiger partial charge in [0, 0.05) is 54.7 Å². The number of benzene rings is 1. The molecule has 0 aromatic heterocycles. The van der Waals surface area contributed by atoms with Crippen molar-refractivity contribution in [2.75, 3.05) is 49.6 Å². The Morgan fingerprint density at radius 2 is 1.75 bits per heavy atom. The summed E-state index contributed by atoms with van der Waals surface area (Å²) in [4.78, 5) is 49.6. The average Bonchev–Trinajstić information content (AvgIpc) is 3.55. The molecular formula is C30H41BrN4O4S. The molecule has 1 N–H and O–H groups in total. The van der Waals surface area contributed by atoms with Crippen LogP contribution in [0.25, 0.3) is 0 Å². The van der Waals surface area contributed by atoms with Crippen LogP contribution in [0, 0.1) is 11.8 Å². The zero-order valence-corrected chi connectivity index (χ0v) is 26.2. The number of aliphatic hydroxyl groups is 1. The Bertz CT molecular complexity index is 1150. The van der Waals surface area contributed by atoms with Gasteiger partial charge in [0.1, 0.15) is 6.04 Å². The smallest absolute Gasteiger partial charge is 0.251 e. The van der Waals surface area contributed by atoms with E-state index in [1.165, 1.54) is 0 Å². The molecule has 40 heavy (non-hydrogen) atoms. The molecule has 0 aliphatic carbocycles. The second-order valence-electron chi connectivity index (χ2n) is 10.9. The highest BCUT2D eigenvalue weighted by Crippen LogP contribution is 2.68. The SMILES string of the molecule is C=CCN(C)C(=O)[C@H]1[C@H]2C(=O)N([C@H](C)CO)C(C(=O)N(CC=C)c3ccc(N(CC)CC)cc3)C23CC(Br)[C@@H]1S3. The Balaban J connectivity index is 1.77. The predicted molar refractivity (Wildman–Crippen MR) is 166 cm³/mol. The van der Waals surface area contributed by atoms with E-state index in [4.69, 9.17) is 0 Å². The van der Waals surface area contributed by atoms with Crippen LogP contribution in [0.1, 0.15) is 27.2 Å². The number of nitrogens with zero attached hydrogens (tertiary/aromatic N) is 4. The molecule has 10 heteroatoms. The number of likely N-dealkylation sites (tertiary alicyclic amines) is 1. The van der Waals surface area contributed by atoms with Crippen molar-refractivity contribution in [3.05, 3.63) is 49.6 Å². The fourth-order valence-corrected chi connectivity index (χ4v) is 10.3. The van der Waals surface area contributed by atoms with Crippen molar-refractivity contribution in [1.29, 1.82) is 0 Å². The molecule has 1 aromatic carbocycles. The third kappa shape index (κ3) is 4.90. The van der Waals surface area contributed by atoms with E-state index in [9.17, 15) is 19.5 Å². The molecule has 2 bridgehead atoms. The Morgan fingerprint density at radius 3 is 2.30 bits per heavy atom. The van der Waals surface area contributed by atoms with Crippen LogP contribution in [-0.4, -0.2) is 99.4 Å². The van der Waals surface area contributed by atoms with Gasteiger partial charge in [0.2, 0.25) is 11.8 Å². The van der Waals surface area contributed by atoms with Crippen molar-refractivity contribution in [2.24, 2.45) is 11.8 Å². The summed E-state index contributed by atoms with van der Waals surface area (Å²) >= 11 is 5.41. The number of alkyl halides is 1. The molecule has 218 valence electrons. The molecule has 3 aliphatic rings. The van der Waals surface area contributed by atoms with E-state index in [0.717, 1.165) is 24.5 Å². The zero-order chi connectivity index (χ0) is 29.4. The van der Waals surface area contributed by atoms with E-state index in [1.54, 1.807) is 52.6 Å². The molecule has 3 unspecified atom stereocenters. The van der Waals surface area contributed by atoms with Crippen LogP contribution in [0.4, 0.5) is 11.4 Å². The fourth-order valence-electron chi connectivity index (χ4n) is 6.76. The number of rotatable bonds is 12. The van der Waals surface area contributed by atoms with Crippen molar-refractivity contribution in [3.8, 4) is 0 Å². The highest BCUT2D eigenvalue weighted by Gasteiger charge is 2.76. The van der Waals surface area contributed by atoms with Crippen LogP contribution in [-0.2, 0) is 14.4 Å². The molecule has 8 nitrogen and oxygen atoms in total. The maximum absolute atomic E-state index is 14.6. The number of amides is 3. The molecule has 0 radical (unpaired) electrons. The number of likely N-dealkylation sites (N-methyl/N-ethyl adjacent to an activating group) is 1.